The van der Waals surface area contributed by atoms with E-state index in [9.17, 15) is 0 Å². The summed E-state index contributed by atoms with van der Waals surface area (Å²) in [6.45, 7) is 9.65. The highest BCUT2D eigenvalue weighted by Gasteiger charge is 2.26. The van der Waals surface area contributed by atoms with Gasteiger partial charge in [-0.2, -0.15) is 0 Å². The fourth-order valence-corrected chi connectivity index (χ4v) is 3.55. The van der Waals surface area contributed by atoms with Crippen molar-refractivity contribution < 1.29 is 0 Å². The maximum atomic E-state index is 4.91. The van der Waals surface area contributed by atoms with Crippen molar-refractivity contribution in [2.24, 2.45) is 0 Å². The van der Waals surface area contributed by atoms with E-state index in [-0.39, 0.29) is 5.41 Å². The summed E-state index contributed by atoms with van der Waals surface area (Å²) >= 11 is 1.78. The molecule has 2 heterocycles. The summed E-state index contributed by atoms with van der Waals surface area (Å²) in [6, 6.07) is 6.85. The maximum absolute atomic E-state index is 4.91. The van der Waals surface area contributed by atoms with E-state index in [4.69, 9.17) is 4.98 Å². The molecule has 2 aromatic rings. The predicted octanol–water partition coefficient (Wildman–Crippen LogP) is 4.06. The van der Waals surface area contributed by atoms with Gasteiger partial charge < -0.3 is 5.32 Å². The summed E-state index contributed by atoms with van der Waals surface area (Å²) in [5.74, 6) is 0. The van der Waals surface area contributed by atoms with E-state index in [1.165, 1.54) is 23.4 Å². The Balaban J connectivity index is 1.94. The molecule has 0 aliphatic heterocycles. The normalized spacial score (nSPS) is 15.4. The topological polar surface area (TPSA) is 37.8 Å². The van der Waals surface area contributed by atoms with Gasteiger partial charge in [-0.15, -0.1) is 11.3 Å². The van der Waals surface area contributed by atoms with Gasteiger partial charge in [0.05, 0.1) is 11.4 Å². The first-order valence-electron chi connectivity index (χ1n) is 7.61. The zero-order chi connectivity index (χ0) is 15.0. The number of hydrogen-bond donors (Lipinski definition) is 1. The summed E-state index contributed by atoms with van der Waals surface area (Å²) in [7, 11) is 0. The molecule has 1 fully saturated rings. The lowest BCUT2D eigenvalue weighted by atomic mass is 9.91. The predicted molar refractivity (Wildman–Crippen MR) is 88.6 cm³/mol. The van der Waals surface area contributed by atoms with Crippen LogP contribution in [0.4, 0.5) is 0 Å². The summed E-state index contributed by atoms with van der Waals surface area (Å²) < 4.78 is 0. The van der Waals surface area contributed by atoms with Gasteiger partial charge in [0.2, 0.25) is 0 Å². The van der Waals surface area contributed by atoms with Crippen LogP contribution in [0.15, 0.2) is 18.2 Å². The van der Waals surface area contributed by atoms with E-state index in [0.717, 1.165) is 29.0 Å². The number of aryl methyl sites for hydroxylation is 1. The molecule has 0 spiro atoms. The van der Waals surface area contributed by atoms with Crippen molar-refractivity contribution in [3.63, 3.8) is 0 Å². The Hall–Kier alpha value is -1.26. The molecule has 1 N–H and O–H groups in total. The Kier molecular flexibility index (Phi) is 3.84. The van der Waals surface area contributed by atoms with Crippen molar-refractivity contribution >= 4 is 11.3 Å². The molecule has 4 heteroatoms. The van der Waals surface area contributed by atoms with Crippen LogP contribution in [-0.2, 0) is 12.0 Å². The van der Waals surface area contributed by atoms with Crippen LogP contribution in [0.5, 0.6) is 0 Å². The maximum Gasteiger partial charge on any atom is 0.142 e. The third-order valence-electron chi connectivity index (χ3n) is 3.64. The molecule has 112 valence electrons. The van der Waals surface area contributed by atoms with Crippen molar-refractivity contribution in [2.75, 3.05) is 0 Å². The van der Waals surface area contributed by atoms with Crippen LogP contribution in [0.25, 0.3) is 10.7 Å². The Labute approximate surface area is 130 Å². The van der Waals surface area contributed by atoms with Gasteiger partial charge in [0, 0.05) is 28.6 Å². The second kappa shape index (κ2) is 5.50. The number of nitrogens with one attached hydrogen (secondary N) is 1. The quantitative estimate of drug-likeness (QED) is 0.925. The van der Waals surface area contributed by atoms with Gasteiger partial charge in [-0.25, -0.2) is 4.98 Å². The molecule has 0 unspecified atom stereocenters. The minimum Gasteiger partial charge on any atom is -0.309 e. The lowest BCUT2D eigenvalue weighted by Crippen LogP contribution is -2.19. The van der Waals surface area contributed by atoms with E-state index in [0.29, 0.717) is 0 Å². The van der Waals surface area contributed by atoms with Crippen LogP contribution in [-0.4, -0.2) is 16.0 Å². The molecule has 0 amide bonds. The zero-order valence-electron chi connectivity index (χ0n) is 13.2. The van der Waals surface area contributed by atoms with Crippen LogP contribution < -0.4 is 5.32 Å². The molecule has 3 rings (SSSR count). The van der Waals surface area contributed by atoms with Gasteiger partial charge in [-0.1, -0.05) is 26.8 Å². The first kappa shape index (κ1) is 14.7. The minimum absolute atomic E-state index is 0.0686. The van der Waals surface area contributed by atoms with Crippen molar-refractivity contribution in [1.82, 2.24) is 15.3 Å². The number of rotatable bonds is 4. The lowest BCUT2D eigenvalue weighted by Gasteiger charge is -2.17. The van der Waals surface area contributed by atoms with Crippen molar-refractivity contribution in [1.29, 1.82) is 0 Å². The number of aromatic nitrogens is 2. The van der Waals surface area contributed by atoms with E-state index in [2.05, 4.69) is 43.2 Å². The number of thiazole rings is 1. The molecule has 3 nitrogen and oxygen atoms in total. The first-order chi connectivity index (χ1) is 9.93. The van der Waals surface area contributed by atoms with Crippen molar-refractivity contribution in [2.45, 2.75) is 58.5 Å². The Morgan fingerprint density at radius 2 is 2.00 bits per heavy atom. The fourth-order valence-electron chi connectivity index (χ4n) is 2.35. The van der Waals surface area contributed by atoms with Gasteiger partial charge in [0.15, 0.2) is 0 Å². The highest BCUT2D eigenvalue weighted by Crippen LogP contribution is 2.34. The standard InChI is InChI=1S/C17H23N3S/c1-11-6-5-7-13(19-11)16-20-15(17(2,3)4)14(21-16)10-18-12-8-9-12/h5-7,12,18H,8-10H2,1-4H3. The third kappa shape index (κ3) is 3.50. The van der Waals surface area contributed by atoms with E-state index >= 15 is 0 Å². The summed E-state index contributed by atoms with van der Waals surface area (Å²) in [5.41, 5.74) is 3.30. The Morgan fingerprint density at radius 1 is 1.24 bits per heavy atom. The van der Waals surface area contributed by atoms with Crippen LogP contribution in [0, 0.1) is 6.92 Å². The van der Waals surface area contributed by atoms with Gasteiger partial charge in [0.1, 0.15) is 5.01 Å². The molecule has 0 aromatic carbocycles. The smallest absolute Gasteiger partial charge is 0.142 e. The summed E-state index contributed by atoms with van der Waals surface area (Å²) in [4.78, 5) is 10.9. The molecule has 2 aromatic heterocycles. The molecule has 0 radical (unpaired) electrons. The molecule has 1 aliphatic carbocycles. The van der Waals surface area contributed by atoms with Crippen molar-refractivity contribution in [3.05, 3.63) is 34.5 Å². The number of nitrogens with zero attached hydrogens (tertiary/aromatic N) is 2. The Morgan fingerprint density at radius 3 is 2.62 bits per heavy atom. The SMILES string of the molecule is Cc1cccc(-c2nc(C(C)(C)C)c(CNC3CC3)s2)n1. The first-order valence-corrected chi connectivity index (χ1v) is 8.43. The van der Waals surface area contributed by atoms with Gasteiger partial charge in [0.25, 0.3) is 0 Å². The van der Waals surface area contributed by atoms with Crippen LogP contribution in [0.2, 0.25) is 0 Å². The monoisotopic (exact) mass is 301 g/mol. The van der Waals surface area contributed by atoms with Crippen LogP contribution >= 0.6 is 11.3 Å². The molecule has 21 heavy (non-hydrogen) atoms. The fraction of sp³-hybridized carbons (Fsp3) is 0.529. The second-order valence-corrected chi connectivity index (χ2v) is 7.94. The Bertz CT molecular complexity index is 636. The van der Waals surface area contributed by atoms with Gasteiger partial charge in [-0.3, -0.25) is 4.98 Å². The number of hydrogen-bond acceptors (Lipinski definition) is 4. The summed E-state index contributed by atoms with van der Waals surface area (Å²) in [5, 5.41) is 4.65. The van der Waals surface area contributed by atoms with Crippen LogP contribution in [0.3, 0.4) is 0 Å². The highest BCUT2D eigenvalue weighted by atomic mass is 32.1. The molecule has 1 aliphatic rings. The van der Waals surface area contributed by atoms with Gasteiger partial charge >= 0.3 is 0 Å². The van der Waals surface area contributed by atoms with E-state index in [1.54, 1.807) is 11.3 Å². The molecular formula is C17H23N3S. The van der Waals surface area contributed by atoms with Crippen LogP contribution in [0.1, 0.15) is 49.9 Å². The highest BCUT2D eigenvalue weighted by molar-refractivity contribution is 7.15. The molecule has 0 atom stereocenters. The number of pyridine rings is 1. The van der Waals surface area contributed by atoms with Crippen molar-refractivity contribution in [3.8, 4) is 10.7 Å². The molecule has 1 saturated carbocycles. The van der Waals surface area contributed by atoms with Gasteiger partial charge in [-0.05, 0) is 31.9 Å². The minimum atomic E-state index is 0.0686. The third-order valence-corrected chi connectivity index (χ3v) is 4.72. The average molecular weight is 301 g/mol. The zero-order valence-corrected chi connectivity index (χ0v) is 14.0. The summed E-state index contributed by atoms with van der Waals surface area (Å²) in [6.07, 6.45) is 2.63. The molecular weight excluding hydrogens is 278 g/mol. The second-order valence-electron chi connectivity index (χ2n) is 6.86. The van der Waals surface area contributed by atoms with E-state index < -0.39 is 0 Å². The lowest BCUT2D eigenvalue weighted by molar-refractivity contribution is 0.559. The molecule has 0 saturated heterocycles. The average Bonchev–Trinajstić information content (AvgIpc) is 3.13. The molecule has 0 bridgehead atoms. The van der Waals surface area contributed by atoms with E-state index in [1.807, 2.05) is 13.0 Å². The largest absolute Gasteiger partial charge is 0.309 e.